The van der Waals surface area contributed by atoms with E-state index < -0.39 is 18.0 Å². The molecular formula is C21H31N5O5S. The number of hydrogen-bond donors (Lipinski definition) is 5. The maximum atomic E-state index is 12.7. The van der Waals surface area contributed by atoms with Crippen molar-refractivity contribution < 1.29 is 24.6 Å². The number of carboxylic acids is 1. The van der Waals surface area contributed by atoms with Crippen LogP contribution in [-0.4, -0.2) is 92.7 Å². The van der Waals surface area contributed by atoms with Crippen LogP contribution in [0.15, 0.2) is 10.6 Å². The Morgan fingerprint density at radius 2 is 2.09 bits per heavy atom. The Hall–Kier alpha value is -2.11. The van der Waals surface area contributed by atoms with Gasteiger partial charge in [0.15, 0.2) is 0 Å². The predicted octanol–water partition coefficient (Wildman–Crippen LogP) is -0.209. The maximum absolute atomic E-state index is 12.7. The van der Waals surface area contributed by atoms with Crippen LogP contribution >= 0.6 is 11.8 Å². The highest BCUT2D eigenvalue weighted by molar-refractivity contribution is 8.03. The topological polar surface area (TPSA) is 146 Å². The fourth-order valence-electron chi connectivity index (χ4n) is 5.34. The molecule has 4 aliphatic rings. The van der Waals surface area contributed by atoms with Crippen LogP contribution in [0.4, 0.5) is 0 Å². The number of carbonyl (C=O) groups is 3. The Morgan fingerprint density at radius 3 is 2.69 bits per heavy atom. The SMILES string of the molecule is CC(=N)N1CC[C@H](NC(=O)[C@@H]2C[C@H](SC3=C(C(=O)O)N4C(=O)[C@H]([C@@H](C)O)[C@H]4[C@H]3C)CN2)C1. The first kappa shape index (κ1) is 23.1. The Kier molecular flexibility index (Phi) is 6.25. The van der Waals surface area contributed by atoms with E-state index in [2.05, 4.69) is 10.6 Å². The van der Waals surface area contributed by atoms with E-state index in [-0.39, 0.29) is 46.8 Å². The third-order valence-electron chi connectivity index (χ3n) is 7.02. The van der Waals surface area contributed by atoms with Gasteiger partial charge in [-0.15, -0.1) is 11.8 Å². The first-order chi connectivity index (χ1) is 15.1. The van der Waals surface area contributed by atoms with E-state index in [1.54, 1.807) is 13.8 Å². The lowest BCUT2D eigenvalue weighted by Gasteiger charge is -2.46. The van der Waals surface area contributed by atoms with Gasteiger partial charge in [-0.2, -0.15) is 0 Å². The summed E-state index contributed by atoms with van der Waals surface area (Å²) in [5, 5.41) is 33.8. The molecule has 11 heteroatoms. The quantitative estimate of drug-likeness (QED) is 0.206. The van der Waals surface area contributed by atoms with E-state index in [4.69, 9.17) is 5.41 Å². The van der Waals surface area contributed by atoms with Crippen molar-refractivity contribution in [1.29, 1.82) is 5.41 Å². The number of nitrogens with zero attached hydrogens (tertiary/aromatic N) is 2. The lowest BCUT2D eigenvalue weighted by atomic mass is 9.79. The smallest absolute Gasteiger partial charge is 0.353 e. The summed E-state index contributed by atoms with van der Waals surface area (Å²) in [5.74, 6) is -1.78. The van der Waals surface area contributed by atoms with Gasteiger partial charge < -0.3 is 30.6 Å². The molecule has 0 unspecified atom stereocenters. The maximum Gasteiger partial charge on any atom is 0.353 e. The van der Waals surface area contributed by atoms with Gasteiger partial charge in [-0.1, -0.05) is 6.92 Å². The second-order valence-corrected chi connectivity index (χ2v) is 10.6. The minimum absolute atomic E-state index is 0.0141. The van der Waals surface area contributed by atoms with Crippen LogP contribution in [-0.2, 0) is 14.4 Å². The Labute approximate surface area is 191 Å². The van der Waals surface area contributed by atoms with Gasteiger partial charge in [0.1, 0.15) is 5.70 Å². The van der Waals surface area contributed by atoms with Crippen molar-refractivity contribution in [2.24, 2.45) is 11.8 Å². The number of amides is 2. The number of likely N-dealkylation sites (tertiary alicyclic amines) is 1. The van der Waals surface area contributed by atoms with E-state index in [1.807, 2.05) is 11.8 Å². The third-order valence-corrected chi connectivity index (χ3v) is 8.53. The number of nitrogens with one attached hydrogen (secondary N) is 3. The predicted molar refractivity (Wildman–Crippen MR) is 119 cm³/mol. The summed E-state index contributed by atoms with van der Waals surface area (Å²) < 4.78 is 0. The molecular weight excluding hydrogens is 434 g/mol. The minimum Gasteiger partial charge on any atom is -0.477 e. The summed E-state index contributed by atoms with van der Waals surface area (Å²) in [6.45, 7) is 7.20. The Morgan fingerprint density at radius 1 is 1.38 bits per heavy atom. The van der Waals surface area contributed by atoms with Crippen LogP contribution < -0.4 is 10.6 Å². The molecule has 32 heavy (non-hydrogen) atoms. The van der Waals surface area contributed by atoms with Crippen LogP contribution in [0.5, 0.6) is 0 Å². The number of aliphatic hydroxyl groups is 1. The molecule has 0 aliphatic carbocycles. The van der Waals surface area contributed by atoms with E-state index in [1.165, 1.54) is 16.7 Å². The molecule has 3 fully saturated rings. The number of rotatable bonds is 6. The number of thioether (sulfide) groups is 1. The molecule has 5 N–H and O–H groups in total. The van der Waals surface area contributed by atoms with Gasteiger partial charge in [-0.05, 0) is 26.7 Å². The zero-order valence-electron chi connectivity index (χ0n) is 18.5. The lowest BCUT2D eigenvalue weighted by molar-refractivity contribution is -0.163. The number of amidine groups is 1. The van der Waals surface area contributed by atoms with Crippen LogP contribution in [0.1, 0.15) is 33.6 Å². The summed E-state index contributed by atoms with van der Waals surface area (Å²) in [4.78, 5) is 41.1. The van der Waals surface area contributed by atoms with E-state index >= 15 is 0 Å². The number of β-lactam (4-membered cyclic amide) rings is 1. The van der Waals surface area contributed by atoms with Crippen LogP contribution in [0.3, 0.4) is 0 Å². The summed E-state index contributed by atoms with van der Waals surface area (Å²) in [7, 11) is 0. The molecule has 0 saturated carbocycles. The largest absolute Gasteiger partial charge is 0.477 e. The molecule has 0 aromatic carbocycles. The second-order valence-electron chi connectivity index (χ2n) is 9.23. The monoisotopic (exact) mass is 465 g/mol. The molecule has 2 amide bonds. The summed E-state index contributed by atoms with van der Waals surface area (Å²) >= 11 is 1.44. The van der Waals surface area contributed by atoms with Crippen molar-refractivity contribution in [2.75, 3.05) is 19.6 Å². The van der Waals surface area contributed by atoms with Gasteiger partial charge in [0, 0.05) is 41.7 Å². The average Bonchev–Trinajstić information content (AvgIpc) is 3.41. The summed E-state index contributed by atoms with van der Waals surface area (Å²) in [6, 6.07) is -0.649. The van der Waals surface area contributed by atoms with Crippen molar-refractivity contribution in [2.45, 2.75) is 63.1 Å². The molecule has 7 atom stereocenters. The number of carbonyl (C=O) groups excluding carboxylic acids is 2. The fourth-order valence-corrected chi connectivity index (χ4v) is 6.81. The molecule has 4 aliphatic heterocycles. The standard InChI is InChI=1S/C21H31N5O5S/c1-9-16-15(10(2)27)20(29)26(16)17(21(30)31)18(9)32-13-6-14(23-7-13)19(28)24-12-4-5-25(8-12)11(3)22/h9-10,12-16,22-23,27H,4-8H2,1-3H3,(H,24,28)(H,30,31)/t9-,10-,12+,13+,14+,15-,16-/m1/s1. The molecule has 0 bridgehead atoms. The van der Waals surface area contributed by atoms with E-state index in [9.17, 15) is 24.6 Å². The molecule has 10 nitrogen and oxygen atoms in total. The number of aliphatic hydroxyl groups excluding tert-OH is 1. The van der Waals surface area contributed by atoms with Crippen molar-refractivity contribution in [1.82, 2.24) is 20.4 Å². The van der Waals surface area contributed by atoms with Gasteiger partial charge in [0.05, 0.1) is 29.9 Å². The van der Waals surface area contributed by atoms with Gasteiger partial charge in [0.2, 0.25) is 11.8 Å². The van der Waals surface area contributed by atoms with Crippen LogP contribution in [0.25, 0.3) is 0 Å². The highest BCUT2D eigenvalue weighted by atomic mass is 32.2. The van der Waals surface area contributed by atoms with Crippen molar-refractivity contribution in [3.63, 3.8) is 0 Å². The van der Waals surface area contributed by atoms with Gasteiger partial charge >= 0.3 is 5.97 Å². The highest BCUT2D eigenvalue weighted by Crippen LogP contribution is 2.51. The average molecular weight is 466 g/mol. The fraction of sp³-hybridized carbons (Fsp3) is 0.714. The lowest BCUT2D eigenvalue weighted by Crippen LogP contribution is -2.63. The van der Waals surface area contributed by atoms with Crippen LogP contribution in [0.2, 0.25) is 0 Å². The number of aliphatic carboxylic acids is 1. The Bertz CT molecular complexity index is 877. The first-order valence-electron chi connectivity index (χ1n) is 11.1. The molecule has 176 valence electrons. The molecule has 3 saturated heterocycles. The molecule has 0 spiro atoms. The van der Waals surface area contributed by atoms with Crippen molar-refractivity contribution >= 4 is 35.4 Å². The molecule has 4 heterocycles. The van der Waals surface area contributed by atoms with Gasteiger partial charge in [0.25, 0.3) is 0 Å². The minimum atomic E-state index is -1.13. The van der Waals surface area contributed by atoms with Crippen LogP contribution in [0, 0.1) is 17.2 Å². The van der Waals surface area contributed by atoms with E-state index in [0.29, 0.717) is 30.3 Å². The van der Waals surface area contributed by atoms with Crippen molar-refractivity contribution in [3.8, 4) is 0 Å². The molecule has 0 radical (unpaired) electrons. The summed E-state index contributed by atoms with van der Waals surface area (Å²) in [5.41, 5.74) is 0.0235. The Balaban J connectivity index is 1.38. The first-order valence-corrected chi connectivity index (χ1v) is 12.0. The second kappa shape index (κ2) is 8.68. The highest BCUT2D eigenvalue weighted by Gasteiger charge is 2.60. The molecule has 0 aromatic heterocycles. The van der Waals surface area contributed by atoms with E-state index in [0.717, 1.165) is 13.0 Å². The van der Waals surface area contributed by atoms with Gasteiger partial charge in [-0.25, -0.2) is 4.79 Å². The third kappa shape index (κ3) is 3.90. The zero-order chi connectivity index (χ0) is 23.3. The normalized spacial score (nSPS) is 35.1. The van der Waals surface area contributed by atoms with Gasteiger partial charge in [-0.3, -0.25) is 15.0 Å². The molecule has 4 rings (SSSR count). The number of hydrogen-bond acceptors (Lipinski definition) is 7. The summed E-state index contributed by atoms with van der Waals surface area (Å²) in [6.07, 6.45) is 0.558. The molecule has 0 aromatic rings. The zero-order valence-corrected chi connectivity index (χ0v) is 19.3. The van der Waals surface area contributed by atoms with Crippen molar-refractivity contribution in [3.05, 3.63) is 10.6 Å². The number of fused-ring (bicyclic) bond motifs is 1. The number of carboxylic acid groups (broad SMARTS) is 1.